The molecule has 2 heteroatoms. The molecule has 1 amide bonds. The minimum absolute atomic E-state index is 0.118. The quantitative estimate of drug-likeness (QED) is 0.588. The first kappa shape index (κ1) is 9.47. The van der Waals surface area contributed by atoms with Crippen LogP contribution < -0.4 is 5.32 Å². The molecule has 1 unspecified atom stereocenters. The van der Waals surface area contributed by atoms with Crippen molar-refractivity contribution in [1.29, 1.82) is 0 Å². The minimum Gasteiger partial charge on any atom is -0.353 e. The highest BCUT2D eigenvalue weighted by Gasteiger charge is 2.19. The molecule has 0 saturated carbocycles. The molecule has 0 spiro atoms. The van der Waals surface area contributed by atoms with E-state index in [0.717, 1.165) is 0 Å². The fourth-order valence-electron chi connectivity index (χ4n) is 0.458. The maximum Gasteiger partial charge on any atom is 0.220 e. The summed E-state index contributed by atoms with van der Waals surface area (Å²) in [5.41, 5.74) is 0.118. The van der Waals surface area contributed by atoms with E-state index in [1.807, 2.05) is 6.92 Å². The SMILES string of the molecule is [CH2]C(=O)NC(C)C(C)(C)C. The average molecular weight is 142 g/mol. The highest BCUT2D eigenvalue weighted by Crippen LogP contribution is 2.17. The Bertz CT molecular complexity index is 124. The number of carbonyl (C=O) groups is 1. The topological polar surface area (TPSA) is 29.1 Å². The van der Waals surface area contributed by atoms with Crippen molar-refractivity contribution in [2.45, 2.75) is 33.7 Å². The van der Waals surface area contributed by atoms with Crippen LogP contribution in [-0.4, -0.2) is 11.9 Å². The second-order valence-electron chi connectivity index (χ2n) is 3.66. The Hall–Kier alpha value is -0.530. The van der Waals surface area contributed by atoms with Gasteiger partial charge in [-0.1, -0.05) is 20.8 Å². The molecule has 10 heavy (non-hydrogen) atoms. The molecule has 2 nitrogen and oxygen atoms in total. The summed E-state index contributed by atoms with van der Waals surface area (Å²) in [6, 6.07) is 0.178. The first-order valence-electron chi connectivity index (χ1n) is 3.46. The highest BCUT2D eigenvalue weighted by molar-refractivity contribution is 5.80. The third-order valence-corrected chi connectivity index (χ3v) is 1.68. The number of carbonyl (C=O) groups excluding carboxylic acids is 1. The summed E-state index contributed by atoms with van der Waals surface area (Å²) in [5, 5.41) is 2.73. The molecule has 0 rings (SSSR count). The molecule has 0 fully saturated rings. The molecule has 59 valence electrons. The van der Waals surface area contributed by atoms with Gasteiger partial charge in [-0.15, -0.1) is 0 Å². The zero-order valence-corrected chi connectivity index (χ0v) is 7.19. The first-order chi connectivity index (χ1) is 4.34. The zero-order valence-electron chi connectivity index (χ0n) is 7.19. The Morgan fingerprint density at radius 3 is 2.00 bits per heavy atom. The first-order valence-corrected chi connectivity index (χ1v) is 3.46. The molecule has 0 bridgehead atoms. The molecule has 0 aliphatic heterocycles. The zero-order chi connectivity index (χ0) is 8.36. The lowest BCUT2D eigenvalue weighted by Gasteiger charge is -2.27. The molecule has 0 aromatic heterocycles. The Morgan fingerprint density at radius 2 is 1.90 bits per heavy atom. The van der Waals surface area contributed by atoms with Gasteiger partial charge in [0.05, 0.1) is 0 Å². The Morgan fingerprint density at radius 1 is 1.50 bits per heavy atom. The molecule has 0 saturated heterocycles. The lowest BCUT2D eigenvalue weighted by Crippen LogP contribution is -2.40. The highest BCUT2D eigenvalue weighted by atomic mass is 16.1. The smallest absolute Gasteiger partial charge is 0.220 e. The van der Waals surface area contributed by atoms with Crippen LogP contribution in [0, 0.1) is 12.3 Å². The van der Waals surface area contributed by atoms with Crippen molar-refractivity contribution in [3.63, 3.8) is 0 Å². The summed E-state index contributed by atoms with van der Waals surface area (Å²) in [5.74, 6) is -0.206. The van der Waals surface area contributed by atoms with Crippen LogP contribution in [0.4, 0.5) is 0 Å². The molecular formula is C8H16NO. The third kappa shape index (κ3) is 3.49. The maximum absolute atomic E-state index is 10.5. The van der Waals surface area contributed by atoms with Gasteiger partial charge in [-0.25, -0.2) is 0 Å². The van der Waals surface area contributed by atoms with Crippen LogP contribution in [0.2, 0.25) is 0 Å². The maximum atomic E-state index is 10.5. The fraction of sp³-hybridized carbons (Fsp3) is 0.750. The fourth-order valence-corrected chi connectivity index (χ4v) is 0.458. The molecule has 0 aliphatic rings. The average Bonchev–Trinajstić information content (AvgIpc) is 1.60. The van der Waals surface area contributed by atoms with Gasteiger partial charge in [0.1, 0.15) is 0 Å². The van der Waals surface area contributed by atoms with E-state index in [4.69, 9.17) is 0 Å². The summed E-state index contributed by atoms with van der Waals surface area (Å²) < 4.78 is 0. The van der Waals surface area contributed by atoms with E-state index in [0.29, 0.717) is 0 Å². The van der Waals surface area contributed by atoms with Gasteiger partial charge in [-0.2, -0.15) is 0 Å². The number of nitrogens with one attached hydrogen (secondary N) is 1. The van der Waals surface area contributed by atoms with Crippen molar-refractivity contribution in [1.82, 2.24) is 5.32 Å². The van der Waals surface area contributed by atoms with Crippen LogP contribution in [0.5, 0.6) is 0 Å². The van der Waals surface area contributed by atoms with Gasteiger partial charge in [0.15, 0.2) is 0 Å². The van der Waals surface area contributed by atoms with E-state index in [2.05, 4.69) is 33.0 Å². The number of hydrogen-bond acceptors (Lipinski definition) is 1. The Labute approximate surface area is 63.0 Å². The standard InChI is InChI=1S/C8H16NO/c1-6(8(3,4)5)9-7(2)10/h6H,2H2,1,3-5H3,(H,9,10). The van der Waals surface area contributed by atoms with Crippen molar-refractivity contribution >= 4 is 5.91 Å². The van der Waals surface area contributed by atoms with Gasteiger partial charge in [-0.05, 0) is 12.3 Å². The number of hydrogen-bond donors (Lipinski definition) is 1. The van der Waals surface area contributed by atoms with Crippen molar-refractivity contribution in [2.75, 3.05) is 0 Å². The van der Waals surface area contributed by atoms with E-state index in [1.54, 1.807) is 0 Å². The van der Waals surface area contributed by atoms with Crippen molar-refractivity contribution in [3.8, 4) is 0 Å². The molecule has 0 aliphatic carbocycles. The molecule has 0 heterocycles. The Kier molecular flexibility index (Phi) is 2.88. The largest absolute Gasteiger partial charge is 0.353 e. The van der Waals surface area contributed by atoms with E-state index in [9.17, 15) is 4.79 Å². The molecule has 1 N–H and O–H groups in total. The van der Waals surface area contributed by atoms with Gasteiger partial charge in [0.2, 0.25) is 5.91 Å². The minimum atomic E-state index is -0.206. The monoisotopic (exact) mass is 142 g/mol. The summed E-state index contributed by atoms with van der Waals surface area (Å²) in [6.45, 7) is 11.4. The molecule has 0 aromatic rings. The third-order valence-electron chi connectivity index (χ3n) is 1.68. The summed E-state index contributed by atoms with van der Waals surface area (Å²) in [7, 11) is 0. The number of rotatable bonds is 1. The predicted octanol–water partition coefficient (Wildman–Crippen LogP) is 1.37. The van der Waals surface area contributed by atoms with Crippen LogP contribution in [0.3, 0.4) is 0 Å². The number of amides is 1. The van der Waals surface area contributed by atoms with Gasteiger partial charge in [-0.3, -0.25) is 4.79 Å². The van der Waals surface area contributed by atoms with Crippen LogP contribution in [0.15, 0.2) is 0 Å². The molecular weight excluding hydrogens is 126 g/mol. The van der Waals surface area contributed by atoms with Gasteiger partial charge in [0, 0.05) is 13.0 Å². The van der Waals surface area contributed by atoms with Gasteiger partial charge >= 0.3 is 0 Å². The predicted molar refractivity (Wildman–Crippen MR) is 42.4 cm³/mol. The van der Waals surface area contributed by atoms with E-state index in [-0.39, 0.29) is 17.4 Å². The van der Waals surface area contributed by atoms with E-state index < -0.39 is 0 Å². The molecule has 0 aromatic carbocycles. The van der Waals surface area contributed by atoms with Crippen LogP contribution in [-0.2, 0) is 4.79 Å². The van der Waals surface area contributed by atoms with Crippen molar-refractivity contribution in [3.05, 3.63) is 6.92 Å². The van der Waals surface area contributed by atoms with Gasteiger partial charge in [0.25, 0.3) is 0 Å². The summed E-state index contributed by atoms with van der Waals surface area (Å²) in [4.78, 5) is 10.5. The molecule has 1 radical (unpaired) electrons. The van der Waals surface area contributed by atoms with E-state index >= 15 is 0 Å². The van der Waals surface area contributed by atoms with Crippen LogP contribution in [0.25, 0.3) is 0 Å². The van der Waals surface area contributed by atoms with E-state index in [1.165, 1.54) is 0 Å². The van der Waals surface area contributed by atoms with Crippen LogP contribution >= 0.6 is 0 Å². The van der Waals surface area contributed by atoms with Gasteiger partial charge < -0.3 is 5.32 Å². The summed E-state index contributed by atoms with van der Waals surface area (Å²) in [6.07, 6.45) is 0. The van der Waals surface area contributed by atoms with Crippen LogP contribution in [0.1, 0.15) is 27.7 Å². The lowest BCUT2D eigenvalue weighted by molar-refractivity contribution is -0.118. The summed E-state index contributed by atoms with van der Waals surface area (Å²) >= 11 is 0. The Balaban J connectivity index is 3.85. The van der Waals surface area contributed by atoms with Crippen molar-refractivity contribution < 1.29 is 4.79 Å². The lowest BCUT2D eigenvalue weighted by atomic mass is 9.88. The normalized spacial score (nSPS) is 14.5. The van der Waals surface area contributed by atoms with Crippen molar-refractivity contribution in [2.24, 2.45) is 5.41 Å². The molecule has 1 atom stereocenters. The second kappa shape index (κ2) is 3.04. The second-order valence-corrected chi connectivity index (χ2v) is 3.66.